The van der Waals surface area contributed by atoms with Gasteiger partial charge in [0.1, 0.15) is 6.26 Å². The van der Waals surface area contributed by atoms with Crippen LogP contribution in [0.3, 0.4) is 0 Å². The maximum absolute atomic E-state index is 12.3. The molecule has 0 saturated carbocycles. The quantitative estimate of drug-likeness (QED) is 0.754. The van der Waals surface area contributed by atoms with Crippen molar-refractivity contribution in [3.05, 3.63) is 30.2 Å². The van der Waals surface area contributed by atoms with Gasteiger partial charge in [-0.15, -0.1) is 0 Å². The summed E-state index contributed by atoms with van der Waals surface area (Å²) < 4.78 is 25.8. The first kappa shape index (κ1) is 19.2. The van der Waals surface area contributed by atoms with E-state index >= 15 is 0 Å². The highest BCUT2D eigenvalue weighted by atomic mass is 16.7. The van der Waals surface area contributed by atoms with Crippen molar-refractivity contribution in [3.63, 3.8) is 0 Å². The van der Waals surface area contributed by atoms with E-state index in [2.05, 4.69) is 5.32 Å². The number of ether oxygens (including phenoxy) is 4. The summed E-state index contributed by atoms with van der Waals surface area (Å²) >= 11 is 0. The number of methoxy groups -OCH3 is 2. The topological polar surface area (TPSA) is 96.2 Å². The van der Waals surface area contributed by atoms with Crippen molar-refractivity contribution in [3.8, 4) is 28.4 Å². The largest absolute Gasteiger partial charge is 0.513 e. The number of furan rings is 1. The number of hydrogen-bond acceptors (Lipinski definition) is 7. The molecular formula is C18H21NO7. The molecule has 0 fully saturated rings. The van der Waals surface area contributed by atoms with E-state index in [1.54, 1.807) is 32.0 Å². The fourth-order valence-corrected chi connectivity index (χ4v) is 2.33. The van der Waals surface area contributed by atoms with Crippen LogP contribution in [0.1, 0.15) is 24.4 Å². The Hall–Kier alpha value is -3.16. The molecule has 1 N–H and O–H groups in total. The fourth-order valence-electron chi connectivity index (χ4n) is 2.33. The van der Waals surface area contributed by atoms with E-state index in [1.165, 1.54) is 20.5 Å². The number of hydrogen-bond donors (Lipinski definition) is 1. The molecule has 0 unspecified atom stereocenters. The minimum absolute atomic E-state index is 0.0124. The standard InChI is InChI=1S/C18H21NO7/c1-5-19-17(20)16-15(14(10-25-16)26-18(21)24-6-2)11-7-8-12(22-3)13(9-11)23-4/h7-10H,5-6H2,1-4H3,(H,19,20). The van der Waals surface area contributed by atoms with Crippen molar-refractivity contribution in [2.75, 3.05) is 27.4 Å². The molecule has 8 nitrogen and oxygen atoms in total. The minimum atomic E-state index is -0.891. The molecule has 1 aromatic heterocycles. The summed E-state index contributed by atoms with van der Waals surface area (Å²) in [6.45, 7) is 4.02. The van der Waals surface area contributed by atoms with Crippen LogP contribution in [0, 0.1) is 0 Å². The van der Waals surface area contributed by atoms with Gasteiger partial charge >= 0.3 is 6.16 Å². The van der Waals surface area contributed by atoms with Gasteiger partial charge in [-0.1, -0.05) is 6.07 Å². The molecule has 0 aliphatic carbocycles. The smallest absolute Gasteiger partial charge is 0.493 e. The zero-order valence-electron chi connectivity index (χ0n) is 15.1. The molecule has 1 aromatic carbocycles. The first-order chi connectivity index (χ1) is 12.5. The lowest BCUT2D eigenvalue weighted by atomic mass is 10.0. The van der Waals surface area contributed by atoms with Gasteiger partial charge in [-0.25, -0.2) is 4.79 Å². The van der Waals surface area contributed by atoms with Crippen LogP contribution >= 0.6 is 0 Å². The lowest BCUT2D eigenvalue weighted by Gasteiger charge is -2.11. The highest BCUT2D eigenvalue weighted by Crippen LogP contribution is 2.39. The summed E-state index contributed by atoms with van der Waals surface area (Å²) in [5.74, 6) is 0.619. The predicted octanol–water partition coefficient (Wildman–Crippen LogP) is 3.25. The van der Waals surface area contributed by atoms with Crippen molar-refractivity contribution in [1.82, 2.24) is 5.32 Å². The molecule has 140 valence electrons. The minimum Gasteiger partial charge on any atom is -0.493 e. The van der Waals surface area contributed by atoms with Gasteiger partial charge in [-0.05, 0) is 31.5 Å². The highest BCUT2D eigenvalue weighted by Gasteiger charge is 2.25. The van der Waals surface area contributed by atoms with Crippen molar-refractivity contribution >= 4 is 12.1 Å². The Morgan fingerprint density at radius 1 is 1.08 bits per heavy atom. The maximum atomic E-state index is 12.3. The molecule has 8 heteroatoms. The van der Waals surface area contributed by atoms with E-state index in [0.717, 1.165) is 0 Å². The van der Waals surface area contributed by atoms with Crippen LogP contribution in [0.2, 0.25) is 0 Å². The van der Waals surface area contributed by atoms with Gasteiger partial charge in [0.2, 0.25) is 5.76 Å². The Labute approximate surface area is 151 Å². The molecule has 0 aliphatic rings. The number of rotatable bonds is 7. The molecule has 0 bridgehead atoms. The molecule has 0 aliphatic heterocycles. The Balaban J connectivity index is 2.53. The summed E-state index contributed by atoms with van der Waals surface area (Å²) in [6.07, 6.45) is 0.297. The van der Waals surface area contributed by atoms with Gasteiger partial charge in [0.15, 0.2) is 17.2 Å². The second-order valence-electron chi connectivity index (χ2n) is 5.02. The predicted molar refractivity (Wildman–Crippen MR) is 92.9 cm³/mol. The van der Waals surface area contributed by atoms with Crippen LogP contribution in [0.15, 0.2) is 28.9 Å². The Morgan fingerprint density at radius 2 is 1.81 bits per heavy atom. The van der Waals surface area contributed by atoms with E-state index in [4.69, 9.17) is 23.4 Å². The van der Waals surface area contributed by atoms with Crippen LogP contribution in [-0.2, 0) is 4.74 Å². The van der Waals surface area contributed by atoms with Crippen molar-refractivity contribution in [1.29, 1.82) is 0 Å². The van der Waals surface area contributed by atoms with Gasteiger partial charge < -0.3 is 28.7 Å². The van der Waals surface area contributed by atoms with Gasteiger partial charge in [-0.3, -0.25) is 4.79 Å². The first-order valence-electron chi connectivity index (χ1n) is 8.02. The summed E-state index contributed by atoms with van der Waals surface area (Å²) in [4.78, 5) is 24.0. The number of amides is 1. The van der Waals surface area contributed by atoms with E-state index < -0.39 is 12.1 Å². The Morgan fingerprint density at radius 3 is 2.42 bits per heavy atom. The van der Waals surface area contributed by atoms with Crippen LogP contribution in [-0.4, -0.2) is 39.4 Å². The van der Waals surface area contributed by atoms with Crippen molar-refractivity contribution in [2.45, 2.75) is 13.8 Å². The molecule has 0 saturated heterocycles. The molecule has 26 heavy (non-hydrogen) atoms. The molecule has 1 amide bonds. The van der Waals surface area contributed by atoms with Crippen molar-refractivity contribution in [2.24, 2.45) is 0 Å². The van der Waals surface area contributed by atoms with Crippen LogP contribution in [0.25, 0.3) is 11.1 Å². The van der Waals surface area contributed by atoms with E-state index in [1.807, 2.05) is 0 Å². The summed E-state index contributed by atoms with van der Waals surface area (Å²) in [5.41, 5.74) is 0.863. The lowest BCUT2D eigenvalue weighted by molar-refractivity contribution is 0.0928. The van der Waals surface area contributed by atoms with Gasteiger partial charge in [0, 0.05) is 6.54 Å². The number of carbonyl (C=O) groups is 2. The second-order valence-corrected chi connectivity index (χ2v) is 5.02. The van der Waals surface area contributed by atoms with Gasteiger partial charge in [0.05, 0.1) is 26.4 Å². The zero-order valence-corrected chi connectivity index (χ0v) is 15.1. The Kier molecular flexibility index (Phi) is 6.48. The van der Waals surface area contributed by atoms with Crippen LogP contribution in [0.4, 0.5) is 4.79 Å². The molecular weight excluding hydrogens is 342 g/mol. The summed E-state index contributed by atoms with van der Waals surface area (Å²) in [5, 5.41) is 2.65. The first-order valence-corrected chi connectivity index (χ1v) is 8.02. The van der Waals surface area contributed by atoms with E-state index in [0.29, 0.717) is 29.2 Å². The van der Waals surface area contributed by atoms with E-state index in [9.17, 15) is 9.59 Å². The Bertz CT molecular complexity index is 782. The molecule has 2 rings (SSSR count). The molecule has 0 spiro atoms. The highest BCUT2D eigenvalue weighted by molar-refractivity contribution is 6.00. The zero-order chi connectivity index (χ0) is 19.1. The number of carbonyl (C=O) groups excluding carboxylic acids is 2. The summed E-state index contributed by atoms with van der Waals surface area (Å²) in [7, 11) is 3.02. The van der Waals surface area contributed by atoms with Crippen LogP contribution < -0.4 is 19.5 Å². The van der Waals surface area contributed by atoms with E-state index in [-0.39, 0.29) is 18.1 Å². The third-order valence-electron chi connectivity index (χ3n) is 3.43. The lowest BCUT2D eigenvalue weighted by Crippen LogP contribution is -2.22. The average molecular weight is 363 g/mol. The molecule has 2 aromatic rings. The monoisotopic (exact) mass is 363 g/mol. The third kappa shape index (κ3) is 4.08. The van der Waals surface area contributed by atoms with Crippen LogP contribution in [0.5, 0.6) is 17.2 Å². The molecule has 1 heterocycles. The number of benzene rings is 1. The fraction of sp³-hybridized carbons (Fsp3) is 0.333. The SMILES string of the molecule is CCNC(=O)c1occ(OC(=O)OCC)c1-c1ccc(OC)c(OC)c1. The molecule has 0 atom stereocenters. The second kappa shape index (κ2) is 8.80. The van der Waals surface area contributed by atoms with Crippen molar-refractivity contribution < 1.29 is 33.0 Å². The molecule has 0 radical (unpaired) electrons. The maximum Gasteiger partial charge on any atom is 0.513 e. The average Bonchev–Trinajstić information content (AvgIpc) is 3.05. The van der Waals surface area contributed by atoms with Gasteiger partial charge in [0.25, 0.3) is 5.91 Å². The number of nitrogens with one attached hydrogen (secondary N) is 1. The van der Waals surface area contributed by atoms with Gasteiger partial charge in [-0.2, -0.15) is 0 Å². The summed E-state index contributed by atoms with van der Waals surface area (Å²) in [6, 6.07) is 5.04. The third-order valence-corrected chi connectivity index (χ3v) is 3.43. The normalized spacial score (nSPS) is 10.2.